The highest BCUT2D eigenvalue weighted by atomic mass is 16.5. The van der Waals surface area contributed by atoms with Gasteiger partial charge in [0.25, 0.3) is 0 Å². The molecule has 0 N–H and O–H groups in total. The van der Waals surface area contributed by atoms with Crippen LogP contribution in [0.3, 0.4) is 0 Å². The summed E-state index contributed by atoms with van der Waals surface area (Å²) in [5.41, 5.74) is 1.12. The fourth-order valence-corrected chi connectivity index (χ4v) is 1.41. The van der Waals surface area contributed by atoms with Crippen LogP contribution in [0.2, 0.25) is 0 Å². The number of nitrogens with zero attached hydrogens (tertiary/aromatic N) is 3. The lowest BCUT2D eigenvalue weighted by atomic mass is 10.2. The Labute approximate surface area is 98.4 Å². The largest absolute Gasteiger partial charge is 0.458 e. The van der Waals surface area contributed by atoms with Gasteiger partial charge in [0, 0.05) is 12.6 Å². The predicted octanol–water partition coefficient (Wildman–Crippen LogP) is 1.30. The lowest BCUT2D eigenvalue weighted by molar-refractivity contribution is 0.0351. The Morgan fingerprint density at radius 1 is 1.65 bits per heavy atom. The van der Waals surface area contributed by atoms with Crippen LogP contribution < -0.4 is 0 Å². The van der Waals surface area contributed by atoms with E-state index in [4.69, 9.17) is 11.2 Å². The summed E-state index contributed by atoms with van der Waals surface area (Å²) in [6.45, 7) is 1.76. The van der Waals surface area contributed by atoms with Crippen molar-refractivity contribution in [1.82, 2.24) is 14.6 Å². The molecule has 0 aliphatic heterocycles. The number of terminal acetylenes is 1. The van der Waals surface area contributed by atoms with E-state index in [2.05, 4.69) is 16.1 Å². The number of carbonyl (C=O) groups excluding carboxylic acids is 1. The summed E-state index contributed by atoms with van der Waals surface area (Å²) in [7, 11) is 0. The summed E-state index contributed by atoms with van der Waals surface area (Å²) in [5, 5.41) is 7.57. The smallest absolute Gasteiger partial charge is 0.339 e. The zero-order valence-electron chi connectivity index (χ0n) is 9.33. The van der Waals surface area contributed by atoms with Gasteiger partial charge in [0.2, 0.25) is 0 Å². The van der Waals surface area contributed by atoms with Crippen molar-refractivity contribution in [2.24, 2.45) is 0 Å². The summed E-state index contributed by atoms with van der Waals surface area (Å²) in [5.74, 6) is 2.05. The standard InChI is InChI=1S/C12H11N3O2/c1-3-4-9(2)17-12(16)10-5-6-11-14-13-8-15(11)7-10/h1,5-9H,4H2,2H3/t9-/m0/s1. The van der Waals surface area contributed by atoms with E-state index < -0.39 is 5.97 Å². The van der Waals surface area contributed by atoms with Crippen LogP contribution in [0.5, 0.6) is 0 Å². The number of rotatable bonds is 3. The first-order valence-electron chi connectivity index (χ1n) is 5.14. The minimum absolute atomic E-state index is 0.288. The lowest BCUT2D eigenvalue weighted by Gasteiger charge is -2.10. The highest BCUT2D eigenvalue weighted by Gasteiger charge is 2.12. The topological polar surface area (TPSA) is 56.5 Å². The second-order valence-corrected chi connectivity index (χ2v) is 3.64. The molecule has 86 valence electrons. The summed E-state index contributed by atoms with van der Waals surface area (Å²) in [6.07, 6.45) is 8.41. The van der Waals surface area contributed by atoms with Gasteiger partial charge >= 0.3 is 5.97 Å². The molecule has 2 rings (SSSR count). The number of aromatic nitrogens is 3. The third-order valence-corrected chi connectivity index (χ3v) is 2.24. The molecule has 2 heterocycles. The number of hydrogen-bond donors (Lipinski definition) is 0. The van der Waals surface area contributed by atoms with E-state index in [0.717, 1.165) is 0 Å². The summed E-state index contributed by atoms with van der Waals surface area (Å²) >= 11 is 0. The number of pyridine rings is 1. The van der Waals surface area contributed by atoms with Gasteiger partial charge in [-0.3, -0.25) is 4.40 Å². The summed E-state index contributed by atoms with van der Waals surface area (Å²) in [4.78, 5) is 11.8. The van der Waals surface area contributed by atoms with Crippen LogP contribution in [0.25, 0.3) is 5.65 Å². The molecule has 2 aromatic heterocycles. The van der Waals surface area contributed by atoms with Gasteiger partial charge in [-0.1, -0.05) is 0 Å². The molecule has 0 unspecified atom stereocenters. The average molecular weight is 229 g/mol. The van der Waals surface area contributed by atoms with Gasteiger partial charge in [0.15, 0.2) is 5.65 Å². The van der Waals surface area contributed by atoms with Gasteiger partial charge in [-0.15, -0.1) is 22.5 Å². The van der Waals surface area contributed by atoms with E-state index in [1.165, 1.54) is 6.33 Å². The molecule has 0 amide bonds. The van der Waals surface area contributed by atoms with Crippen molar-refractivity contribution >= 4 is 11.6 Å². The molecule has 17 heavy (non-hydrogen) atoms. The average Bonchev–Trinajstić information content (AvgIpc) is 2.75. The number of hydrogen-bond acceptors (Lipinski definition) is 4. The SMILES string of the molecule is C#CC[C@H](C)OC(=O)c1ccc2nncn2c1. The van der Waals surface area contributed by atoms with Gasteiger partial charge in [-0.25, -0.2) is 4.79 Å². The molecule has 0 aliphatic carbocycles. The van der Waals surface area contributed by atoms with Crippen molar-refractivity contribution in [3.05, 3.63) is 30.2 Å². The molecule has 0 bridgehead atoms. The first-order chi connectivity index (χ1) is 8.20. The van der Waals surface area contributed by atoms with Crippen LogP contribution in [-0.4, -0.2) is 26.7 Å². The zero-order valence-corrected chi connectivity index (χ0v) is 9.33. The molecule has 5 nitrogen and oxygen atoms in total. The Bertz CT molecular complexity index is 583. The molecule has 1 atom stereocenters. The predicted molar refractivity (Wildman–Crippen MR) is 61.3 cm³/mol. The molecule has 0 aromatic carbocycles. The monoisotopic (exact) mass is 229 g/mol. The van der Waals surface area contributed by atoms with Gasteiger partial charge < -0.3 is 4.74 Å². The molecular weight excluding hydrogens is 218 g/mol. The molecule has 0 spiro atoms. The minimum atomic E-state index is -0.400. The van der Waals surface area contributed by atoms with Crippen LogP contribution in [0.1, 0.15) is 23.7 Å². The summed E-state index contributed by atoms with van der Waals surface area (Å²) < 4.78 is 6.82. The molecule has 2 aromatic rings. The van der Waals surface area contributed by atoms with Gasteiger partial charge in [-0.05, 0) is 19.1 Å². The molecule has 0 radical (unpaired) electrons. The van der Waals surface area contributed by atoms with Gasteiger partial charge in [-0.2, -0.15) is 0 Å². The van der Waals surface area contributed by atoms with Crippen LogP contribution in [0.15, 0.2) is 24.7 Å². The number of ether oxygens (including phenoxy) is 1. The van der Waals surface area contributed by atoms with Crippen LogP contribution in [0, 0.1) is 12.3 Å². The van der Waals surface area contributed by atoms with Crippen molar-refractivity contribution in [1.29, 1.82) is 0 Å². The van der Waals surface area contributed by atoms with Crippen molar-refractivity contribution in [2.75, 3.05) is 0 Å². The fraction of sp³-hybridized carbons (Fsp3) is 0.250. The van der Waals surface area contributed by atoms with E-state index in [1.54, 1.807) is 29.7 Å². The Hall–Kier alpha value is -2.35. The van der Waals surface area contributed by atoms with E-state index in [-0.39, 0.29) is 6.10 Å². The lowest BCUT2D eigenvalue weighted by Crippen LogP contribution is -2.14. The van der Waals surface area contributed by atoms with Gasteiger partial charge in [0.05, 0.1) is 5.56 Å². The molecular formula is C12H11N3O2. The second kappa shape index (κ2) is 4.66. The maximum Gasteiger partial charge on any atom is 0.339 e. The van der Waals surface area contributed by atoms with E-state index >= 15 is 0 Å². The van der Waals surface area contributed by atoms with Crippen molar-refractivity contribution < 1.29 is 9.53 Å². The molecule has 0 saturated carbocycles. The molecule has 5 heteroatoms. The van der Waals surface area contributed by atoms with Gasteiger partial charge in [0.1, 0.15) is 12.4 Å². The summed E-state index contributed by atoms with van der Waals surface area (Å²) in [6, 6.07) is 3.35. The normalized spacial score (nSPS) is 12.0. The van der Waals surface area contributed by atoms with Crippen molar-refractivity contribution in [2.45, 2.75) is 19.4 Å². The zero-order chi connectivity index (χ0) is 12.3. The Morgan fingerprint density at radius 3 is 3.24 bits per heavy atom. The van der Waals surface area contributed by atoms with Crippen molar-refractivity contribution in [3.63, 3.8) is 0 Å². The molecule has 0 saturated heterocycles. The highest BCUT2D eigenvalue weighted by molar-refractivity contribution is 5.89. The maximum absolute atomic E-state index is 11.8. The number of fused-ring (bicyclic) bond motifs is 1. The quantitative estimate of drug-likeness (QED) is 0.588. The van der Waals surface area contributed by atoms with Crippen LogP contribution in [-0.2, 0) is 4.74 Å². The second-order valence-electron chi connectivity index (χ2n) is 3.64. The fourth-order valence-electron chi connectivity index (χ4n) is 1.41. The first-order valence-corrected chi connectivity index (χ1v) is 5.14. The van der Waals surface area contributed by atoms with Crippen LogP contribution >= 0.6 is 0 Å². The van der Waals surface area contributed by atoms with E-state index in [1.807, 2.05) is 0 Å². The Morgan fingerprint density at radius 2 is 2.47 bits per heavy atom. The van der Waals surface area contributed by atoms with E-state index in [9.17, 15) is 4.79 Å². The number of esters is 1. The highest BCUT2D eigenvalue weighted by Crippen LogP contribution is 2.07. The Balaban J connectivity index is 2.16. The molecule has 0 fully saturated rings. The minimum Gasteiger partial charge on any atom is -0.458 e. The first kappa shape index (κ1) is 11.1. The maximum atomic E-state index is 11.8. The Kier molecular flexibility index (Phi) is 3.06. The van der Waals surface area contributed by atoms with Crippen molar-refractivity contribution in [3.8, 4) is 12.3 Å². The van der Waals surface area contributed by atoms with Crippen LogP contribution in [0.4, 0.5) is 0 Å². The third kappa shape index (κ3) is 2.42. The molecule has 0 aliphatic rings. The van der Waals surface area contributed by atoms with E-state index in [0.29, 0.717) is 17.6 Å². The third-order valence-electron chi connectivity index (χ3n) is 2.24. The number of carbonyl (C=O) groups is 1.